The van der Waals surface area contributed by atoms with Crippen LogP contribution in [0.4, 0.5) is 5.69 Å². The maximum atomic E-state index is 12.0. The summed E-state index contributed by atoms with van der Waals surface area (Å²) in [5, 5.41) is 12.4. The fourth-order valence-corrected chi connectivity index (χ4v) is 2.09. The number of rotatable bonds is 2. The van der Waals surface area contributed by atoms with Crippen molar-refractivity contribution in [2.24, 2.45) is 0 Å². The number of amides is 1. The number of nitrogens with one attached hydrogen (secondary N) is 1. The Bertz CT molecular complexity index is 637. The van der Waals surface area contributed by atoms with E-state index in [1.165, 1.54) is 6.26 Å². The second-order valence-corrected chi connectivity index (χ2v) is 4.46. The molecular formula is C13H12BNO4. The molecular weight excluding hydrogens is 245 g/mol. The van der Waals surface area contributed by atoms with Gasteiger partial charge >= 0.3 is 7.12 Å². The molecule has 1 aromatic heterocycles. The summed E-state index contributed by atoms with van der Waals surface area (Å²) in [7, 11) is -0.919. The molecule has 0 saturated heterocycles. The van der Waals surface area contributed by atoms with Gasteiger partial charge in [-0.2, -0.15) is 0 Å². The normalized spacial score (nSPS) is 13.5. The van der Waals surface area contributed by atoms with Crippen LogP contribution in [0.3, 0.4) is 0 Å². The average molecular weight is 257 g/mol. The largest absolute Gasteiger partial charge is 0.491 e. The highest BCUT2D eigenvalue weighted by Crippen LogP contribution is 2.16. The molecule has 0 fully saturated rings. The zero-order chi connectivity index (χ0) is 13.4. The highest BCUT2D eigenvalue weighted by Gasteiger charge is 2.27. The van der Waals surface area contributed by atoms with Crippen molar-refractivity contribution in [3.8, 4) is 0 Å². The van der Waals surface area contributed by atoms with E-state index in [1.54, 1.807) is 25.1 Å². The third-order valence-electron chi connectivity index (χ3n) is 3.13. The minimum absolute atomic E-state index is 0.289. The van der Waals surface area contributed by atoms with E-state index in [1.807, 2.05) is 6.07 Å². The quantitative estimate of drug-likeness (QED) is 0.789. The minimum Gasteiger partial charge on any atom is -0.459 e. The van der Waals surface area contributed by atoms with Crippen molar-refractivity contribution in [1.82, 2.24) is 0 Å². The molecule has 2 aromatic rings. The van der Waals surface area contributed by atoms with E-state index in [0.29, 0.717) is 17.8 Å². The Kier molecular flexibility index (Phi) is 2.89. The molecule has 2 heterocycles. The molecule has 19 heavy (non-hydrogen) atoms. The van der Waals surface area contributed by atoms with Crippen molar-refractivity contribution >= 4 is 24.2 Å². The third-order valence-corrected chi connectivity index (χ3v) is 3.13. The monoisotopic (exact) mass is 257 g/mol. The van der Waals surface area contributed by atoms with Gasteiger partial charge in [-0.25, -0.2) is 0 Å². The van der Waals surface area contributed by atoms with Gasteiger partial charge < -0.3 is 19.4 Å². The standard InChI is InChI=1S/C13H12BNO4/c1-8-4-5-18-12(8)13(16)15-10-3-2-9-7-19-14(17)11(9)6-10/h2-6,17H,7H2,1H3,(H,15,16). The smallest absolute Gasteiger partial charge is 0.459 e. The van der Waals surface area contributed by atoms with E-state index in [4.69, 9.17) is 9.07 Å². The lowest BCUT2D eigenvalue weighted by Crippen LogP contribution is -2.28. The summed E-state index contributed by atoms with van der Waals surface area (Å²) in [5.74, 6) is -0.0202. The molecule has 96 valence electrons. The van der Waals surface area contributed by atoms with Crippen LogP contribution >= 0.6 is 0 Å². The molecule has 0 aliphatic carbocycles. The lowest BCUT2D eigenvalue weighted by molar-refractivity contribution is 0.0996. The number of aryl methyl sites for hydroxylation is 1. The first kappa shape index (κ1) is 12.0. The zero-order valence-corrected chi connectivity index (χ0v) is 10.3. The van der Waals surface area contributed by atoms with Gasteiger partial charge in [0.25, 0.3) is 5.91 Å². The van der Waals surface area contributed by atoms with Gasteiger partial charge in [0.2, 0.25) is 0 Å². The summed E-state index contributed by atoms with van der Waals surface area (Å²) in [5.41, 5.74) is 3.00. The Morgan fingerprint density at radius 2 is 2.26 bits per heavy atom. The molecule has 5 nitrogen and oxygen atoms in total. The van der Waals surface area contributed by atoms with Crippen LogP contribution in [0.1, 0.15) is 21.7 Å². The van der Waals surface area contributed by atoms with Crippen molar-refractivity contribution in [2.75, 3.05) is 5.32 Å². The molecule has 0 atom stereocenters. The Labute approximate surface area is 110 Å². The second-order valence-electron chi connectivity index (χ2n) is 4.46. The summed E-state index contributed by atoms with van der Waals surface area (Å²) in [4.78, 5) is 12.0. The molecule has 0 unspecified atom stereocenters. The maximum Gasteiger partial charge on any atom is 0.491 e. The number of anilines is 1. The highest BCUT2D eigenvalue weighted by molar-refractivity contribution is 6.61. The van der Waals surface area contributed by atoms with Crippen molar-refractivity contribution in [3.05, 3.63) is 47.4 Å². The number of fused-ring (bicyclic) bond motifs is 1. The fourth-order valence-electron chi connectivity index (χ4n) is 2.09. The Hall–Kier alpha value is -2.05. The van der Waals surface area contributed by atoms with E-state index < -0.39 is 7.12 Å². The first-order chi connectivity index (χ1) is 9.15. The summed E-state index contributed by atoms with van der Waals surface area (Å²) >= 11 is 0. The summed E-state index contributed by atoms with van der Waals surface area (Å²) < 4.78 is 10.2. The van der Waals surface area contributed by atoms with Crippen LogP contribution in [-0.2, 0) is 11.3 Å². The fraction of sp³-hybridized carbons (Fsp3) is 0.154. The van der Waals surface area contributed by atoms with Gasteiger partial charge in [0.1, 0.15) is 0 Å². The lowest BCUT2D eigenvalue weighted by Gasteiger charge is -2.06. The van der Waals surface area contributed by atoms with Gasteiger partial charge in [-0.1, -0.05) is 6.07 Å². The summed E-state index contributed by atoms with van der Waals surface area (Å²) in [6.45, 7) is 2.20. The van der Waals surface area contributed by atoms with Crippen molar-refractivity contribution in [3.63, 3.8) is 0 Å². The highest BCUT2D eigenvalue weighted by atomic mass is 16.5. The molecule has 2 N–H and O–H groups in total. The maximum absolute atomic E-state index is 12.0. The van der Waals surface area contributed by atoms with Crippen LogP contribution in [0.2, 0.25) is 0 Å². The SMILES string of the molecule is Cc1ccoc1C(=O)Nc1ccc2c(c1)B(O)OC2. The molecule has 1 amide bonds. The predicted octanol–water partition coefficient (Wildman–Crippen LogP) is 1.06. The number of furan rings is 1. The Balaban J connectivity index is 1.83. The van der Waals surface area contributed by atoms with Crippen LogP contribution in [0.5, 0.6) is 0 Å². The second kappa shape index (κ2) is 4.57. The van der Waals surface area contributed by atoms with Gasteiger partial charge in [0, 0.05) is 11.3 Å². The van der Waals surface area contributed by atoms with E-state index in [9.17, 15) is 9.82 Å². The van der Waals surface area contributed by atoms with Crippen LogP contribution < -0.4 is 10.8 Å². The Morgan fingerprint density at radius 1 is 1.42 bits per heavy atom. The van der Waals surface area contributed by atoms with Gasteiger partial charge in [0.15, 0.2) is 5.76 Å². The van der Waals surface area contributed by atoms with E-state index in [0.717, 1.165) is 11.1 Å². The van der Waals surface area contributed by atoms with Gasteiger partial charge in [-0.3, -0.25) is 4.79 Å². The van der Waals surface area contributed by atoms with Crippen molar-refractivity contribution in [1.29, 1.82) is 0 Å². The van der Waals surface area contributed by atoms with E-state index in [-0.39, 0.29) is 11.7 Å². The third kappa shape index (κ3) is 2.16. The van der Waals surface area contributed by atoms with Gasteiger partial charge in [-0.15, -0.1) is 0 Å². The zero-order valence-electron chi connectivity index (χ0n) is 10.3. The number of carbonyl (C=O) groups excluding carboxylic acids is 1. The molecule has 6 heteroatoms. The van der Waals surface area contributed by atoms with Gasteiger partial charge in [-0.05, 0) is 36.1 Å². The molecule has 1 aromatic carbocycles. The van der Waals surface area contributed by atoms with Crippen LogP contribution in [0, 0.1) is 6.92 Å². The van der Waals surface area contributed by atoms with Crippen LogP contribution in [0.25, 0.3) is 0 Å². The summed E-state index contributed by atoms with van der Waals surface area (Å²) in [6.07, 6.45) is 1.48. The topological polar surface area (TPSA) is 71.7 Å². The van der Waals surface area contributed by atoms with Gasteiger partial charge in [0.05, 0.1) is 12.9 Å². The molecule has 3 rings (SSSR count). The molecule has 0 spiro atoms. The first-order valence-electron chi connectivity index (χ1n) is 5.93. The Morgan fingerprint density at radius 3 is 3.00 bits per heavy atom. The van der Waals surface area contributed by atoms with E-state index in [2.05, 4.69) is 5.32 Å². The van der Waals surface area contributed by atoms with E-state index >= 15 is 0 Å². The number of hydrogen-bond acceptors (Lipinski definition) is 4. The molecule has 0 bridgehead atoms. The van der Waals surface area contributed by atoms with Crippen LogP contribution in [-0.4, -0.2) is 18.0 Å². The molecule has 0 saturated carbocycles. The molecule has 1 aliphatic rings. The van der Waals surface area contributed by atoms with Crippen molar-refractivity contribution < 1.29 is 18.9 Å². The molecule has 0 radical (unpaired) electrons. The van der Waals surface area contributed by atoms with Crippen molar-refractivity contribution in [2.45, 2.75) is 13.5 Å². The lowest BCUT2D eigenvalue weighted by atomic mass is 9.79. The minimum atomic E-state index is -0.919. The number of benzene rings is 1. The predicted molar refractivity (Wildman–Crippen MR) is 70.2 cm³/mol. The number of hydrogen-bond donors (Lipinski definition) is 2. The van der Waals surface area contributed by atoms with Crippen LogP contribution in [0.15, 0.2) is 34.9 Å². The average Bonchev–Trinajstić information content (AvgIpc) is 2.97. The number of carbonyl (C=O) groups is 1. The first-order valence-corrected chi connectivity index (χ1v) is 5.93. The molecule has 1 aliphatic heterocycles. The summed E-state index contributed by atoms with van der Waals surface area (Å²) in [6, 6.07) is 7.05.